The predicted molar refractivity (Wildman–Crippen MR) is 170 cm³/mol. The number of halogens is 18. The first-order valence-electron chi connectivity index (χ1n) is 15.7. The van der Waals surface area contributed by atoms with E-state index in [-0.39, 0.29) is 67.0 Å². The summed E-state index contributed by atoms with van der Waals surface area (Å²) in [5.74, 6) is 0. The molecule has 2 N–H and O–H groups in total. The Morgan fingerprint density at radius 2 is 0.533 bits per heavy atom. The predicted octanol–water partition coefficient (Wildman–Crippen LogP) is 7.23. The van der Waals surface area contributed by atoms with Gasteiger partial charge in [0.25, 0.3) is 0 Å². The summed E-state index contributed by atoms with van der Waals surface area (Å²) in [5, 5.41) is 10.2. The first-order chi connectivity index (χ1) is 26.5. The summed E-state index contributed by atoms with van der Waals surface area (Å²) >= 11 is 0. The number of benzene rings is 3. The van der Waals surface area contributed by atoms with E-state index >= 15 is 0 Å². The number of hydrogen-bond donors (Lipinski definition) is 0. The van der Waals surface area contributed by atoms with Crippen molar-refractivity contribution in [2.75, 3.05) is 0 Å². The van der Waals surface area contributed by atoms with E-state index in [0.29, 0.717) is 72.8 Å². The minimum Gasteiger partial charge on any atom is -0.412 e. The summed E-state index contributed by atoms with van der Waals surface area (Å²) in [6, 6.07) is 6.54. The number of nitrogens with zero attached hydrogens (tertiary/aromatic N) is 6. The van der Waals surface area contributed by atoms with Crippen molar-refractivity contribution in [3.05, 3.63) is 125 Å². The van der Waals surface area contributed by atoms with Crippen LogP contribution in [-0.2, 0) is 37.1 Å². The molecule has 0 aliphatic heterocycles. The Morgan fingerprint density at radius 3 is 0.700 bits per heavy atom. The van der Waals surface area contributed by atoms with Crippen LogP contribution in [0.25, 0.3) is 33.8 Å². The number of aromatic nitrogens is 6. The van der Waals surface area contributed by atoms with Crippen LogP contribution in [0.15, 0.2) is 91.0 Å². The van der Waals surface area contributed by atoms with Crippen molar-refractivity contribution < 1.29 is 114 Å². The Labute approximate surface area is 344 Å². The molecule has 7 nitrogen and oxygen atoms in total. The fourth-order valence-corrected chi connectivity index (χ4v) is 5.88. The van der Waals surface area contributed by atoms with Crippen molar-refractivity contribution in [3.63, 3.8) is 0 Å². The summed E-state index contributed by atoms with van der Waals surface area (Å²) in [6.07, 6.45) is -31.4. The molecule has 3 aromatic carbocycles. The summed E-state index contributed by atoms with van der Waals surface area (Å²) in [5.41, 5.74) is -14.1. The molecule has 0 saturated heterocycles. The zero-order valence-corrected chi connectivity index (χ0v) is 31.4. The normalized spacial score (nSPS) is 13.1. The third-order valence-corrected chi connectivity index (χ3v) is 8.54. The molecule has 6 aromatic rings. The number of rotatable bonds is 6. The minimum atomic E-state index is -5.45. The minimum absolute atomic E-state index is 0. The van der Waals surface area contributed by atoms with E-state index in [1.165, 1.54) is 0 Å². The molecule has 0 atom stereocenters. The Balaban J connectivity index is 0.00000397. The third-order valence-electron chi connectivity index (χ3n) is 8.54. The van der Waals surface area contributed by atoms with Gasteiger partial charge in [0, 0.05) is 17.1 Å². The van der Waals surface area contributed by atoms with Gasteiger partial charge in [-0.2, -0.15) is 79.0 Å². The van der Waals surface area contributed by atoms with Crippen LogP contribution in [0.2, 0.25) is 0 Å². The molecule has 3 heterocycles. The quantitative estimate of drug-likeness (QED) is 0.131. The summed E-state index contributed by atoms with van der Waals surface area (Å²) in [7, 11) is -4.09. The van der Waals surface area contributed by atoms with Gasteiger partial charge < -0.3 is 19.3 Å². The third kappa shape index (κ3) is 9.81. The van der Waals surface area contributed by atoms with Gasteiger partial charge in [0.15, 0.2) is 17.1 Å². The first kappa shape index (κ1) is 47.7. The van der Waals surface area contributed by atoms with Crippen LogP contribution in [0.1, 0.15) is 33.8 Å². The van der Waals surface area contributed by atoms with Crippen LogP contribution in [0.5, 0.6) is 0 Å². The second-order valence-electron chi connectivity index (χ2n) is 12.4. The van der Waals surface area contributed by atoms with E-state index in [4.69, 9.17) is 0 Å². The first-order valence-corrected chi connectivity index (χ1v) is 15.7. The second kappa shape index (κ2) is 16.2. The standard InChI is InChI=1S/C33H16BF18N6.Na.H2O/c35-28(36,37)19-7-1-16(2-8-19)22-13-25(31(44,45)46)53-56(22)34(57-23(14-26(54-57)32(47,48)49)17-3-9-20(10-4-17)29(38,39)40)58-24(15-27(55-58)33(50,51)52)18-5-11-21(12-6-18)30(41,42)43;;/h1-15,34H;;1H2/q-1;+1;. The van der Waals surface area contributed by atoms with Crippen molar-refractivity contribution in [2.24, 2.45) is 0 Å². The molecule has 0 spiro atoms. The van der Waals surface area contributed by atoms with Gasteiger partial charge in [-0.3, -0.25) is 0 Å². The smallest absolute Gasteiger partial charge is 0.412 e. The molecule has 0 radical (unpaired) electrons. The van der Waals surface area contributed by atoms with E-state index < -0.39 is 112 Å². The average molecular weight is 890 g/mol. The fourth-order valence-electron chi connectivity index (χ4n) is 5.88. The van der Waals surface area contributed by atoms with Crippen LogP contribution in [0.3, 0.4) is 0 Å². The zero-order chi connectivity index (χ0) is 43.0. The van der Waals surface area contributed by atoms with Crippen LogP contribution in [0, 0.1) is 0 Å². The monoisotopic (exact) mass is 890 g/mol. The Bertz CT molecular complexity index is 2150. The van der Waals surface area contributed by atoms with Gasteiger partial charge in [0.2, 0.25) is 0 Å². The van der Waals surface area contributed by atoms with Gasteiger partial charge >= 0.3 is 73.7 Å². The molecule has 60 heavy (non-hydrogen) atoms. The van der Waals surface area contributed by atoms with Crippen molar-refractivity contribution >= 4 is 7.12 Å². The summed E-state index contributed by atoms with van der Waals surface area (Å²) < 4.78 is 250. The Hall–Kier alpha value is -4.95. The summed E-state index contributed by atoms with van der Waals surface area (Å²) in [4.78, 5) is 0. The topological polar surface area (TPSA) is 85.0 Å². The number of alkyl halides is 18. The van der Waals surface area contributed by atoms with Gasteiger partial charge in [-0.1, -0.05) is 36.4 Å². The fraction of sp³-hybridized carbons (Fsp3) is 0.182. The van der Waals surface area contributed by atoms with E-state index in [0.717, 1.165) is 0 Å². The largest absolute Gasteiger partial charge is 1.00 e. The van der Waals surface area contributed by atoms with Gasteiger partial charge in [0.05, 0.1) is 16.7 Å². The summed E-state index contributed by atoms with van der Waals surface area (Å²) in [6.45, 7) is 0. The van der Waals surface area contributed by atoms with Crippen LogP contribution >= 0.6 is 0 Å². The molecule has 0 aliphatic rings. The Morgan fingerprint density at radius 1 is 0.333 bits per heavy atom. The van der Waals surface area contributed by atoms with Gasteiger partial charge in [-0.15, -0.1) is 0 Å². The SMILES string of the molecule is FC(F)(F)c1ccc(-c2cc(C(F)(F)F)nn2[BH-](n2nc(C(F)(F)F)cc2-c2ccc(C(F)(F)F)cc2)n2nc(C(F)(F)F)cc2-c2ccc(C(F)(F)F)cc2)cc1.O.[Na+]. The van der Waals surface area contributed by atoms with E-state index in [9.17, 15) is 79.0 Å². The van der Waals surface area contributed by atoms with Crippen molar-refractivity contribution in [2.45, 2.75) is 37.1 Å². The van der Waals surface area contributed by atoms with Crippen molar-refractivity contribution in [1.82, 2.24) is 29.1 Å². The second-order valence-corrected chi connectivity index (χ2v) is 12.4. The average Bonchev–Trinajstić information content (AvgIpc) is 3.86. The molecule has 6 rings (SSSR count). The van der Waals surface area contributed by atoms with Crippen LogP contribution in [0.4, 0.5) is 79.0 Å². The van der Waals surface area contributed by atoms with Crippen LogP contribution in [-0.4, -0.2) is 41.7 Å². The maximum Gasteiger partial charge on any atom is 1.00 e. The molecular formula is C33H18BF18N6NaO. The van der Waals surface area contributed by atoms with Crippen molar-refractivity contribution in [3.8, 4) is 33.8 Å². The molecule has 0 unspecified atom stereocenters. The molecule has 3 aromatic heterocycles. The molecular weight excluding hydrogens is 872 g/mol. The van der Waals surface area contributed by atoms with E-state index in [1.54, 1.807) is 0 Å². The van der Waals surface area contributed by atoms with E-state index in [1.807, 2.05) is 0 Å². The Kier molecular flexibility index (Phi) is 12.8. The number of hydrogen-bond acceptors (Lipinski definition) is 3. The molecule has 0 amide bonds. The zero-order valence-electron chi connectivity index (χ0n) is 29.4. The van der Waals surface area contributed by atoms with Gasteiger partial charge in [-0.25, -0.2) is 15.3 Å². The maximum absolute atomic E-state index is 14.3. The molecule has 316 valence electrons. The molecule has 0 aliphatic carbocycles. The van der Waals surface area contributed by atoms with Gasteiger partial charge in [-0.05, 0) is 71.3 Å². The van der Waals surface area contributed by atoms with Gasteiger partial charge in [0.1, 0.15) is 0 Å². The molecule has 0 fully saturated rings. The van der Waals surface area contributed by atoms with Crippen LogP contribution < -0.4 is 29.6 Å². The van der Waals surface area contributed by atoms with E-state index in [2.05, 4.69) is 15.3 Å². The molecule has 0 bridgehead atoms. The molecule has 27 heteroatoms. The molecule has 0 saturated carbocycles. The maximum atomic E-state index is 14.3. The van der Waals surface area contributed by atoms with Crippen molar-refractivity contribution in [1.29, 1.82) is 0 Å².